The maximum absolute atomic E-state index is 6.65. The number of anilines is 1. The van der Waals surface area contributed by atoms with Crippen molar-refractivity contribution < 1.29 is 9.47 Å². The van der Waals surface area contributed by atoms with E-state index in [1.165, 1.54) is 0 Å². The third kappa shape index (κ3) is 5.12. The van der Waals surface area contributed by atoms with Crippen LogP contribution in [-0.4, -0.2) is 35.0 Å². The molecule has 0 bridgehead atoms. The average molecular weight is 568 g/mol. The van der Waals surface area contributed by atoms with E-state index in [0.717, 1.165) is 34.0 Å². The molecular weight excluding hydrogens is 539 g/mol. The predicted octanol–water partition coefficient (Wildman–Crippen LogP) is 7.00. The molecule has 1 aliphatic heterocycles. The summed E-state index contributed by atoms with van der Waals surface area (Å²) in [6.45, 7) is 5.14. The summed E-state index contributed by atoms with van der Waals surface area (Å²) in [7, 11) is 1.64. The Hall–Kier alpha value is -3.10. The highest BCUT2D eigenvalue weighted by Crippen LogP contribution is 2.45. The van der Waals surface area contributed by atoms with Gasteiger partial charge in [0.15, 0.2) is 5.11 Å². The molecule has 0 unspecified atom stereocenters. The topological polar surface area (TPSA) is 51.6 Å². The van der Waals surface area contributed by atoms with Crippen molar-refractivity contribution in [1.82, 2.24) is 14.9 Å². The van der Waals surface area contributed by atoms with Crippen LogP contribution in [0.25, 0.3) is 5.69 Å². The summed E-state index contributed by atoms with van der Waals surface area (Å²) >= 11 is 18.7. The lowest BCUT2D eigenvalue weighted by molar-refractivity contribution is 0.146. The van der Waals surface area contributed by atoms with Crippen molar-refractivity contribution in [3.8, 4) is 11.4 Å². The number of nitrogens with one attached hydrogen (secondary N) is 1. The Balaban J connectivity index is 1.60. The van der Waals surface area contributed by atoms with Gasteiger partial charge in [0.05, 0.1) is 29.4 Å². The zero-order valence-corrected chi connectivity index (χ0v) is 23.6. The van der Waals surface area contributed by atoms with Gasteiger partial charge in [-0.2, -0.15) is 0 Å². The third-order valence-corrected chi connectivity index (χ3v) is 7.57. The number of benzene rings is 2. The SMILES string of the molecule is COCCOc1ccc(N2C(=S)N[C@H](c3ccccn3)[C@@H]2c2cc(C)n(-c3ccc(Cl)cc3)c2C)cc1Cl. The molecule has 0 saturated carbocycles. The van der Waals surface area contributed by atoms with Crippen molar-refractivity contribution in [3.63, 3.8) is 0 Å². The molecule has 1 aliphatic rings. The largest absolute Gasteiger partial charge is 0.490 e. The van der Waals surface area contributed by atoms with E-state index in [2.05, 4.69) is 39.7 Å². The van der Waals surface area contributed by atoms with E-state index in [4.69, 9.17) is 44.9 Å². The lowest BCUT2D eigenvalue weighted by atomic mass is 9.96. The van der Waals surface area contributed by atoms with Crippen LogP contribution in [0.4, 0.5) is 5.69 Å². The Morgan fingerprint density at radius 3 is 2.42 bits per heavy atom. The number of hydrogen-bond acceptors (Lipinski definition) is 4. The fraction of sp³-hybridized carbons (Fsp3) is 0.241. The van der Waals surface area contributed by atoms with Crippen LogP contribution in [0.5, 0.6) is 5.75 Å². The highest BCUT2D eigenvalue weighted by molar-refractivity contribution is 7.80. The van der Waals surface area contributed by atoms with Crippen LogP contribution in [0, 0.1) is 13.8 Å². The van der Waals surface area contributed by atoms with Gasteiger partial charge in [0.25, 0.3) is 0 Å². The molecule has 5 rings (SSSR count). The molecule has 0 radical (unpaired) electrons. The van der Waals surface area contributed by atoms with Crippen LogP contribution < -0.4 is 15.0 Å². The van der Waals surface area contributed by atoms with Gasteiger partial charge in [-0.1, -0.05) is 29.3 Å². The first-order chi connectivity index (χ1) is 18.4. The molecule has 1 fully saturated rings. The number of rotatable bonds is 8. The summed E-state index contributed by atoms with van der Waals surface area (Å²) in [5.74, 6) is 0.601. The number of aryl methyl sites for hydroxylation is 1. The lowest BCUT2D eigenvalue weighted by Gasteiger charge is -2.28. The number of aromatic nitrogens is 2. The van der Waals surface area contributed by atoms with Crippen molar-refractivity contribution in [3.05, 3.63) is 106 Å². The Labute approximate surface area is 238 Å². The molecule has 0 amide bonds. The van der Waals surface area contributed by atoms with Crippen molar-refractivity contribution in [2.24, 2.45) is 0 Å². The van der Waals surface area contributed by atoms with Crippen molar-refractivity contribution >= 4 is 46.2 Å². The predicted molar refractivity (Wildman–Crippen MR) is 157 cm³/mol. The van der Waals surface area contributed by atoms with Crippen molar-refractivity contribution in [2.45, 2.75) is 25.9 Å². The van der Waals surface area contributed by atoms with Crippen LogP contribution in [0.1, 0.15) is 34.7 Å². The summed E-state index contributed by atoms with van der Waals surface area (Å²) in [6, 6.07) is 21.4. The molecule has 4 aromatic rings. The third-order valence-electron chi connectivity index (χ3n) is 6.71. The van der Waals surface area contributed by atoms with E-state index in [9.17, 15) is 0 Å². The van der Waals surface area contributed by atoms with E-state index in [-0.39, 0.29) is 12.1 Å². The van der Waals surface area contributed by atoms with Crippen LogP contribution in [0.15, 0.2) is 72.9 Å². The minimum Gasteiger partial charge on any atom is -0.490 e. The fourth-order valence-electron chi connectivity index (χ4n) is 5.02. The summed E-state index contributed by atoms with van der Waals surface area (Å²) in [5, 5.41) is 5.34. The molecule has 2 aromatic heterocycles. The van der Waals surface area contributed by atoms with Crippen LogP contribution in [0.2, 0.25) is 10.0 Å². The monoisotopic (exact) mass is 566 g/mol. The molecule has 3 heterocycles. The number of hydrogen-bond donors (Lipinski definition) is 1. The maximum atomic E-state index is 6.65. The molecular formula is C29H28Cl2N4O2S. The number of halogens is 2. The normalized spacial score (nSPS) is 17.1. The molecule has 0 spiro atoms. The van der Waals surface area contributed by atoms with E-state index in [0.29, 0.717) is 34.1 Å². The number of methoxy groups -OCH3 is 1. The number of pyridine rings is 1. The molecule has 196 valence electrons. The number of nitrogens with zero attached hydrogens (tertiary/aromatic N) is 3. The highest BCUT2D eigenvalue weighted by atomic mass is 35.5. The Morgan fingerprint density at radius 1 is 0.974 bits per heavy atom. The van der Waals surface area contributed by atoms with Gasteiger partial charge in [0.1, 0.15) is 12.4 Å². The highest BCUT2D eigenvalue weighted by Gasteiger charge is 2.42. The van der Waals surface area contributed by atoms with Gasteiger partial charge < -0.3 is 24.3 Å². The number of ether oxygens (including phenoxy) is 2. The average Bonchev–Trinajstić information content (AvgIpc) is 3.41. The molecule has 1 saturated heterocycles. The van der Waals surface area contributed by atoms with E-state index in [1.807, 2.05) is 60.7 Å². The Morgan fingerprint density at radius 2 is 1.74 bits per heavy atom. The maximum Gasteiger partial charge on any atom is 0.174 e. The van der Waals surface area contributed by atoms with Crippen LogP contribution >= 0.6 is 35.4 Å². The Bertz CT molecular complexity index is 1440. The Kier molecular flexibility index (Phi) is 7.91. The van der Waals surface area contributed by atoms with Gasteiger partial charge >= 0.3 is 0 Å². The minimum absolute atomic E-state index is 0.166. The van der Waals surface area contributed by atoms with Crippen molar-refractivity contribution in [1.29, 1.82) is 0 Å². The summed E-state index contributed by atoms with van der Waals surface area (Å²) in [6.07, 6.45) is 1.81. The molecule has 2 atom stereocenters. The molecule has 6 nitrogen and oxygen atoms in total. The van der Waals surface area contributed by atoms with E-state index >= 15 is 0 Å². The molecule has 9 heteroatoms. The zero-order chi connectivity index (χ0) is 26.8. The lowest BCUT2D eigenvalue weighted by Crippen LogP contribution is -2.29. The van der Waals surface area contributed by atoms with Crippen LogP contribution in [0.3, 0.4) is 0 Å². The molecule has 1 N–H and O–H groups in total. The second-order valence-electron chi connectivity index (χ2n) is 9.09. The smallest absolute Gasteiger partial charge is 0.174 e. The zero-order valence-electron chi connectivity index (χ0n) is 21.3. The second kappa shape index (κ2) is 11.3. The molecule has 2 aromatic carbocycles. The van der Waals surface area contributed by atoms with E-state index < -0.39 is 0 Å². The second-order valence-corrected chi connectivity index (χ2v) is 10.3. The quantitative estimate of drug-likeness (QED) is 0.183. The first-order valence-corrected chi connectivity index (χ1v) is 13.4. The van der Waals surface area contributed by atoms with Gasteiger partial charge in [-0.05, 0) is 92.3 Å². The van der Waals surface area contributed by atoms with Crippen LogP contribution in [-0.2, 0) is 4.74 Å². The molecule has 0 aliphatic carbocycles. The fourth-order valence-corrected chi connectivity index (χ4v) is 5.72. The van der Waals surface area contributed by atoms with Gasteiger partial charge in [0.2, 0.25) is 0 Å². The van der Waals surface area contributed by atoms with Gasteiger partial charge in [-0.15, -0.1) is 0 Å². The van der Waals surface area contributed by atoms with Crippen molar-refractivity contribution in [2.75, 3.05) is 25.2 Å². The summed E-state index contributed by atoms with van der Waals surface area (Å²) in [4.78, 5) is 6.79. The summed E-state index contributed by atoms with van der Waals surface area (Å²) in [5.41, 5.74) is 6.17. The van der Waals surface area contributed by atoms with Gasteiger partial charge in [0, 0.05) is 41.1 Å². The number of thiocarbonyl (C=S) groups is 1. The van der Waals surface area contributed by atoms with E-state index in [1.54, 1.807) is 13.3 Å². The van der Waals surface area contributed by atoms with Gasteiger partial charge in [-0.3, -0.25) is 4.98 Å². The standard InChI is InChI=1S/C29H28Cl2N4O2S/c1-18-16-23(19(2)34(18)21-9-7-20(30)8-10-21)28-27(25-6-4-5-13-32-25)33-29(38)35(28)22-11-12-26(24(31)17-22)37-15-14-36-3/h4-13,16-17,27-28H,14-15H2,1-3H3,(H,33,38)/t27-,28+/m1/s1. The minimum atomic E-state index is -0.167. The first-order valence-electron chi connectivity index (χ1n) is 12.3. The first kappa shape index (κ1) is 26.5. The summed E-state index contributed by atoms with van der Waals surface area (Å²) < 4.78 is 13.1. The molecule has 38 heavy (non-hydrogen) atoms. The van der Waals surface area contributed by atoms with Gasteiger partial charge in [-0.25, -0.2) is 0 Å².